The number of H-pyrrole nitrogens is 4. The molecule has 8 bridgehead atoms. The van der Waals surface area contributed by atoms with Crippen molar-refractivity contribution in [3.63, 3.8) is 0 Å². The molecule has 364 valence electrons. The lowest BCUT2D eigenvalue weighted by atomic mass is 9.98. The molecule has 0 atom stereocenters. The van der Waals surface area contributed by atoms with Crippen LogP contribution in [0.2, 0.25) is 0 Å². The standard InChI is InChI=1S/C48H56N4O16/c1-61-41(53)13-9-25-29(17-45(57)65-5)37-22-35-27(11-15-43(55)63-3)30(18-46(58)66-6)38(51-35)23-36-28(12-16-44(56)64-4)32(20-48(60)68-8)40(52-36)24-39-31(19-47(59)67-7)26(10-14-42(54)62-2)34(50-39)21-33(25)49-37/h21-24,49-52H,9-20H2,1-8H3. The minimum absolute atomic E-state index is 0.0652. The van der Waals surface area contributed by atoms with Crippen molar-refractivity contribution in [2.24, 2.45) is 0 Å². The van der Waals surface area contributed by atoms with Crippen molar-refractivity contribution in [2.75, 3.05) is 56.9 Å². The van der Waals surface area contributed by atoms with Crippen LogP contribution in [0.15, 0.2) is 0 Å². The minimum atomic E-state index is -0.609. The van der Waals surface area contributed by atoms with Gasteiger partial charge in [-0.15, -0.1) is 0 Å². The number of methoxy groups -OCH3 is 8. The summed E-state index contributed by atoms with van der Waals surface area (Å²) in [6.45, 7) is 0. The number of ether oxygens (including phenoxy) is 8. The number of hydrogen-bond acceptors (Lipinski definition) is 16. The third-order valence-electron chi connectivity index (χ3n) is 11.7. The van der Waals surface area contributed by atoms with Crippen molar-refractivity contribution >= 4 is 72.1 Å². The molecule has 1 aliphatic heterocycles. The molecule has 20 nitrogen and oxygen atoms in total. The molecule has 5 rings (SSSR count). The van der Waals surface area contributed by atoms with Gasteiger partial charge in [-0.2, -0.15) is 0 Å². The Morgan fingerprint density at radius 1 is 0.294 bits per heavy atom. The van der Waals surface area contributed by atoms with Crippen LogP contribution in [-0.4, -0.2) is 125 Å². The first kappa shape index (κ1) is 51.3. The molecule has 1 aliphatic rings. The van der Waals surface area contributed by atoms with Gasteiger partial charge in [0.1, 0.15) is 0 Å². The van der Waals surface area contributed by atoms with Crippen LogP contribution in [0.4, 0.5) is 0 Å². The van der Waals surface area contributed by atoms with Gasteiger partial charge in [0.2, 0.25) is 0 Å². The molecule has 4 aromatic rings. The lowest BCUT2D eigenvalue weighted by Gasteiger charge is -2.07. The van der Waals surface area contributed by atoms with Crippen LogP contribution in [-0.2, 0) is 128 Å². The summed E-state index contributed by atoms with van der Waals surface area (Å²) in [7, 11) is 9.99. The summed E-state index contributed by atoms with van der Waals surface area (Å²) in [6.07, 6.45) is 5.64. The zero-order chi connectivity index (χ0) is 49.7. The third kappa shape index (κ3) is 12.4. The Morgan fingerprint density at radius 2 is 0.515 bits per heavy atom. The van der Waals surface area contributed by atoms with E-state index in [1.165, 1.54) is 56.9 Å². The minimum Gasteiger partial charge on any atom is -0.469 e. The molecule has 0 aromatic carbocycles. The molecule has 0 radical (unpaired) electrons. The fraction of sp³-hybridized carbons (Fsp3) is 0.417. The summed E-state index contributed by atoms with van der Waals surface area (Å²) < 4.78 is 40.5. The molecular weight excluding hydrogens is 889 g/mol. The predicted molar refractivity (Wildman–Crippen MR) is 240 cm³/mol. The van der Waals surface area contributed by atoms with Gasteiger partial charge in [-0.1, -0.05) is 0 Å². The predicted octanol–water partition coefficient (Wildman–Crippen LogP) is -0.0880. The monoisotopic (exact) mass is 944 g/mol. The van der Waals surface area contributed by atoms with Crippen LogP contribution in [0.3, 0.4) is 0 Å². The second-order valence-corrected chi connectivity index (χ2v) is 15.5. The van der Waals surface area contributed by atoms with E-state index >= 15 is 0 Å². The van der Waals surface area contributed by atoms with Gasteiger partial charge in [-0.3, -0.25) is 38.4 Å². The van der Waals surface area contributed by atoms with E-state index in [9.17, 15) is 38.4 Å². The summed E-state index contributed by atoms with van der Waals surface area (Å²) in [4.78, 5) is 117. The number of carbonyl (C=O) groups excluding carboxylic acids is 8. The molecule has 68 heavy (non-hydrogen) atoms. The molecule has 0 saturated heterocycles. The topological polar surface area (TPSA) is 274 Å². The highest BCUT2D eigenvalue weighted by atomic mass is 16.5. The van der Waals surface area contributed by atoms with Crippen LogP contribution in [0, 0.1) is 0 Å². The fourth-order valence-electron chi connectivity index (χ4n) is 8.18. The molecule has 20 heteroatoms. The molecule has 5 heterocycles. The number of carbonyl (C=O) groups is 8. The summed E-state index contributed by atoms with van der Waals surface area (Å²) in [5, 5.41) is 1.58. The largest absolute Gasteiger partial charge is 0.469 e. The van der Waals surface area contributed by atoms with E-state index < -0.39 is 47.8 Å². The second kappa shape index (κ2) is 23.7. The van der Waals surface area contributed by atoms with E-state index in [0.29, 0.717) is 88.7 Å². The molecule has 0 fully saturated rings. The first-order valence-electron chi connectivity index (χ1n) is 21.5. The van der Waals surface area contributed by atoms with E-state index in [1.54, 1.807) is 24.3 Å². The van der Waals surface area contributed by atoms with Gasteiger partial charge < -0.3 is 57.8 Å². The first-order chi connectivity index (χ1) is 32.6. The zero-order valence-corrected chi connectivity index (χ0v) is 39.3. The lowest BCUT2D eigenvalue weighted by molar-refractivity contribution is -0.141. The van der Waals surface area contributed by atoms with Crippen LogP contribution in [0.25, 0.3) is 24.3 Å². The second-order valence-electron chi connectivity index (χ2n) is 15.5. The summed E-state index contributed by atoms with van der Waals surface area (Å²) in [5.74, 6) is -4.54. The Hall–Kier alpha value is -7.64. The van der Waals surface area contributed by atoms with Crippen molar-refractivity contribution in [3.8, 4) is 0 Å². The van der Waals surface area contributed by atoms with Crippen LogP contribution in [0.5, 0.6) is 0 Å². The van der Waals surface area contributed by atoms with Crippen molar-refractivity contribution in [1.82, 2.24) is 19.9 Å². The van der Waals surface area contributed by atoms with Gasteiger partial charge in [0.15, 0.2) is 0 Å². The van der Waals surface area contributed by atoms with E-state index in [-0.39, 0.29) is 77.0 Å². The quantitative estimate of drug-likeness (QED) is 0.0587. The van der Waals surface area contributed by atoms with E-state index in [0.717, 1.165) is 0 Å². The van der Waals surface area contributed by atoms with Crippen molar-refractivity contribution in [2.45, 2.75) is 77.0 Å². The van der Waals surface area contributed by atoms with Crippen LogP contribution < -0.4 is 21.4 Å². The fourth-order valence-corrected chi connectivity index (χ4v) is 8.18. The number of fused-ring (bicyclic) bond motifs is 8. The zero-order valence-electron chi connectivity index (χ0n) is 39.3. The number of rotatable bonds is 20. The third-order valence-corrected chi connectivity index (χ3v) is 11.7. The molecule has 0 unspecified atom stereocenters. The summed E-state index contributed by atoms with van der Waals surface area (Å²) in [5.41, 5.74) is 5.41. The molecule has 0 amide bonds. The van der Waals surface area contributed by atoms with Crippen LogP contribution >= 0.6 is 0 Å². The first-order valence-corrected chi connectivity index (χ1v) is 21.5. The Morgan fingerprint density at radius 3 is 0.779 bits per heavy atom. The molecule has 4 aromatic heterocycles. The SMILES string of the molecule is COC(=O)CCc1c2[nH]c(c1CC(=O)OC)C=c1[nH]c(c(CC(=O)OC)c1CCC(=O)OC)=Cc1[nH]c(c(CC(=O)OC)c1CCC(=O)OC)C=c1[nH]c(c(CCC(=O)OC)c1CC(=O)OC)=C2. The van der Waals surface area contributed by atoms with Gasteiger partial charge in [-0.25, -0.2) is 0 Å². The molecule has 4 N–H and O–H groups in total. The van der Waals surface area contributed by atoms with E-state index in [1.807, 2.05) is 0 Å². The Kier molecular flexibility index (Phi) is 17.9. The smallest absolute Gasteiger partial charge is 0.310 e. The van der Waals surface area contributed by atoms with Gasteiger partial charge in [0.25, 0.3) is 0 Å². The molecular formula is C48H56N4O16. The Bertz CT molecular complexity index is 2850. The van der Waals surface area contributed by atoms with Gasteiger partial charge in [0.05, 0.1) is 82.6 Å². The Labute approximate surface area is 390 Å². The lowest BCUT2D eigenvalue weighted by Crippen LogP contribution is -2.16. The highest BCUT2D eigenvalue weighted by Crippen LogP contribution is 2.27. The van der Waals surface area contributed by atoms with Crippen LogP contribution in [0.1, 0.15) is 93.0 Å². The average molecular weight is 945 g/mol. The number of aromatic nitrogens is 4. The Balaban J connectivity index is 2.10. The van der Waals surface area contributed by atoms with Crippen molar-refractivity contribution in [3.05, 3.63) is 88.7 Å². The highest BCUT2D eigenvalue weighted by Gasteiger charge is 2.25. The number of hydrogen-bond donors (Lipinski definition) is 4. The summed E-state index contributed by atoms with van der Waals surface area (Å²) >= 11 is 0. The number of nitrogens with one attached hydrogen (secondary N) is 4. The normalized spacial score (nSPS) is 11.4. The maximum atomic E-state index is 13.2. The molecule has 0 spiro atoms. The van der Waals surface area contributed by atoms with Gasteiger partial charge in [0, 0.05) is 69.9 Å². The molecule has 0 saturated carbocycles. The summed E-state index contributed by atoms with van der Waals surface area (Å²) in [6, 6.07) is 0. The van der Waals surface area contributed by atoms with Gasteiger partial charge in [-0.05, 0) is 94.5 Å². The van der Waals surface area contributed by atoms with Crippen molar-refractivity contribution < 1.29 is 76.3 Å². The van der Waals surface area contributed by atoms with Gasteiger partial charge >= 0.3 is 47.8 Å². The molecule has 0 aliphatic carbocycles. The van der Waals surface area contributed by atoms with Crippen molar-refractivity contribution in [1.29, 1.82) is 0 Å². The van der Waals surface area contributed by atoms with E-state index in [4.69, 9.17) is 37.9 Å². The average Bonchev–Trinajstić information content (AvgIpc) is 4.04. The maximum Gasteiger partial charge on any atom is 0.310 e. The number of esters is 8. The number of aromatic amines is 4. The van der Waals surface area contributed by atoms with E-state index in [2.05, 4.69) is 19.9 Å². The highest BCUT2D eigenvalue weighted by molar-refractivity contribution is 5.80. The maximum absolute atomic E-state index is 13.2.